The third kappa shape index (κ3) is 59.0. The van der Waals surface area contributed by atoms with Gasteiger partial charge in [-0.2, -0.15) is 0 Å². The van der Waals surface area contributed by atoms with Crippen LogP contribution in [-0.2, 0) is 40.9 Å². The zero-order chi connectivity index (χ0) is 27.4. The second-order valence-electron chi connectivity index (χ2n) is 5.66. The van der Waals surface area contributed by atoms with Crippen molar-refractivity contribution in [2.75, 3.05) is 0 Å². The van der Waals surface area contributed by atoms with Gasteiger partial charge in [0.1, 0.15) is 11.5 Å². The number of aromatic hydroxyl groups is 2. The van der Waals surface area contributed by atoms with Crippen molar-refractivity contribution in [1.29, 1.82) is 0 Å². The van der Waals surface area contributed by atoms with Gasteiger partial charge in [-0.05, 0) is 24.3 Å². The van der Waals surface area contributed by atoms with Crippen molar-refractivity contribution in [2.24, 2.45) is 0 Å². The summed E-state index contributed by atoms with van der Waals surface area (Å²) in [6.45, 7) is 6.40. The third-order valence-corrected chi connectivity index (χ3v) is 2.72. The van der Waals surface area contributed by atoms with Gasteiger partial charge in [0.05, 0.1) is 0 Å². The summed E-state index contributed by atoms with van der Waals surface area (Å²) in [4.78, 5) is 37.5. The molecule has 2 aromatic rings. The fraction of sp³-hybridized carbons (Fsp3) is 0.333. The molecule has 0 bridgehead atoms. The molecule has 0 saturated heterocycles. The molecule has 0 radical (unpaired) electrons. The predicted molar refractivity (Wildman–Crippen MR) is 128 cm³/mol. The average molecular weight is 532 g/mol. The Balaban J connectivity index is -0.000000103. The van der Waals surface area contributed by atoms with Crippen LogP contribution in [0.3, 0.4) is 0 Å². The van der Waals surface area contributed by atoms with E-state index in [1.54, 1.807) is 76.2 Å². The van der Waals surface area contributed by atoms with Crippen LogP contribution in [0, 0.1) is 0 Å². The molecule has 196 valence electrons. The van der Waals surface area contributed by atoms with Crippen LogP contribution in [0.2, 0.25) is 0 Å². The molecule has 0 unspecified atom stereocenters. The van der Waals surface area contributed by atoms with Crippen molar-refractivity contribution >= 4 is 23.9 Å². The first-order valence-electron chi connectivity index (χ1n) is 10.2. The van der Waals surface area contributed by atoms with Gasteiger partial charge in [0, 0.05) is 47.4 Å². The summed E-state index contributed by atoms with van der Waals surface area (Å²) in [7, 11) is 0. The van der Waals surface area contributed by atoms with Gasteiger partial charge in [-0.25, -0.2) is 0 Å². The maximum Gasteiger partial charge on any atom is 0.303 e. The summed E-state index contributed by atoms with van der Waals surface area (Å²) in [5, 5.41) is 48.2. The van der Waals surface area contributed by atoms with E-state index >= 15 is 0 Å². The van der Waals surface area contributed by atoms with Crippen molar-refractivity contribution in [3.8, 4) is 11.5 Å². The molecule has 0 fully saturated rings. The first kappa shape index (κ1) is 41.8. The minimum Gasteiger partial charge on any atom is -0.508 e. The van der Waals surface area contributed by atoms with Crippen LogP contribution < -0.4 is 0 Å². The minimum absolute atomic E-state index is 0. The van der Waals surface area contributed by atoms with Crippen LogP contribution >= 0.6 is 0 Å². The van der Waals surface area contributed by atoms with Crippen molar-refractivity contribution in [3.05, 3.63) is 60.7 Å². The molecule has 11 heteroatoms. The van der Waals surface area contributed by atoms with Crippen LogP contribution in [0.25, 0.3) is 0 Å². The Labute approximate surface area is 220 Å². The van der Waals surface area contributed by atoms with E-state index in [-0.39, 0.29) is 47.4 Å². The van der Waals surface area contributed by atoms with E-state index in [1.807, 2.05) is 12.1 Å². The molecular weight excluding hydrogens is 496 g/mol. The Kier molecular flexibility index (Phi) is 39.2. The molecule has 0 atom stereocenters. The van der Waals surface area contributed by atoms with Crippen molar-refractivity contribution in [1.82, 2.24) is 0 Å². The maximum absolute atomic E-state index is 9.37. The number of carboxylic acid groups (broad SMARTS) is 4. The van der Waals surface area contributed by atoms with Gasteiger partial charge in [0.15, 0.2) is 0 Å². The molecule has 2 rings (SSSR count). The topological polar surface area (TPSA) is 190 Å². The minimum atomic E-state index is -0.745. The first-order valence-corrected chi connectivity index (χ1v) is 10.2. The summed E-state index contributed by atoms with van der Waals surface area (Å²) >= 11 is 0. The summed E-state index contributed by atoms with van der Waals surface area (Å²) < 4.78 is 0. The van der Waals surface area contributed by atoms with Crippen LogP contribution in [0.5, 0.6) is 11.5 Å². The summed E-state index contributed by atoms with van der Waals surface area (Å²) in [6, 6.07) is 17.4. The van der Waals surface area contributed by atoms with Gasteiger partial charge in [-0.3, -0.25) is 19.2 Å². The number of benzene rings is 2. The van der Waals surface area contributed by atoms with E-state index in [0.717, 1.165) is 0 Å². The Hall–Kier alpha value is -3.37. The molecule has 10 nitrogen and oxygen atoms in total. The summed E-state index contributed by atoms with van der Waals surface area (Å²) in [5.41, 5.74) is 0. The number of carbonyl (C=O) groups is 4. The predicted octanol–water partition coefficient (Wildman–Crippen LogP) is 4.71. The zero-order valence-corrected chi connectivity index (χ0v) is 22.0. The van der Waals surface area contributed by atoms with E-state index in [4.69, 9.17) is 30.6 Å². The molecule has 0 aliphatic rings. The van der Waals surface area contributed by atoms with Gasteiger partial charge in [-0.1, -0.05) is 64.1 Å². The molecule has 0 heterocycles. The van der Waals surface area contributed by atoms with E-state index in [1.165, 1.54) is 0 Å². The zero-order valence-electron chi connectivity index (χ0n) is 20.4. The maximum atomic E-state index is 9.37. The second-order valence-corrected chi connectivity index (χ2v) is 5.66. The Morgan fingerprint density at radius 2 is 0.629 bits per heavy atom. The van der Waals surface area contributed by atoms with Gasteiger partial charge in [-0.15, -0.1) is 0 Å². The smallest absolute Gasteiger partial charge is 0.303 e. The third-order valence-electron chi connectivity index (χ3n) is 2.72. The van der Waals surface area contributed by atoms with Crippen LogP contribution in [0.15, 0.2) is 60.7 Å². The molecular formula is C24H36O10Ti. The van der Waals surface area contributed by atoms with Gasteiger partial charge >= 0.3 is 23.9 Å². The number of hydrogen-bond acceptors (Lipinski definition) is 6. The Bertz CT molecular complexity index is 660. The van der Waals surface area contributed by atoms with E-state index in [9.17, 15) is 19.2 Å². The Morgan fingerprint density at radius 3 is 0.686 bits per heavy atom. The molecule has 6 N–H and O–H groups in total. The summed E-state index contributed by atoms with van der Waals surface area (Å²) in [6.07, 6.45) is 0.889. The van der Waals surface area contributed by atoms with Gasteiger partial charge < -0.3 is 30.6 Å². The fourth-order valence-corrected chi connectivity index (χ4v) is 0.856. The van der Waals surface area contributed by atoms with Crippen LogP contribution in [0.4, 0.5) is 0 Å². The molecule has 0 spiro atoms. The number of phenols is 2. The van der Waals surface area contributed by atoms with Gasteiger partial charge in [0.25, 0.3) is 0 Å². The number of aliphatic carboxylic acids is 4. The van der Waals surface area contributed by atoms with Crippen molar-refractivity contribution in [3.63, 3.8) is 0 Å². The number of carboxylic acids is 4. The number of para-hydroxylation sites is 2. The van der Waals surface area contributed by atoms with Crippen molar-refractivity contribution in [2.45, 2.75) is 53.4 Å². The molecule has 0 aliphatic carbocycles. The normalized spacial score (nSPS) is 7.66. The molecule has 0 aromatic heterocycles. The Morgan fingerprint density at radius 1 is 0.486 bits per heavy atom. The van der Waals surface area contributed by atoms with Crippen molar-refractivity contribution < 1.29 is 71.5 Å². The van der Waals surface area contributed by atoms with Crippen LogP contribution in [-0.4, -0.2) is 54.5 Å². The molecule has 35 heavy (non-hydrogen) atoms. The monoisotopic (exact) mass is 532 g/mol. The quantitative estimate of drug-likeness (QED) is 0.301. The molecule has 2 aromatic carbocycles. The standard InChI is InChI=1S/2C6H6O.4C3H6O2.Ti/c2*7-6-4-2-1-3-5-6;4*1-2-3(4)5;/h2*1-5,7H;4*2H2,1H3,(H,4,5);. The van der Waals surface area contributed by atoms with E-state index in [0.29, 0.717) is 11.5 Å². The molecule has 0 aliphatic heterocycles. The number of hydrogen-bond donors (Lipinski definition) is 6. The van der Waals surface area contributed by atoms with Crippen LogP contribution in [0.1, 0.15) is 53.4 Å². The number of phenolic OH excluding ortho intramolecular Hbond substituents is 2. The molecule has 0 saturated carbocycles. The summed E-state index contributed by atoms with van der Waals surface area (Å²) in [5.74, 6) is -2.34. The molecule has 0 amide bonds. The SMILES string of the molecule is CCC(=O)O.CCC(=O)O.CCC(=O)O.CCC(=O)O.Oc1ccccc1.Oc1ccccc1.[Ti]. The number of rotatable bonds is 4. The van der Waals surface area contributed by atoms with Gasteiger partial charge in [0.2, 0.25) is 0 Å². The first-order chi connectivity index (χ1) is 15.9. The second kappa shape index (κ2) is 32.8. The largest absolute Gasteiger partial charge is 0.508 e. The average Bonchev–Trinajstić information content (AvgIpc) is 2.82. The fourth-order valence-electron chi connectivity index (χ4n) is 0.856. The van der Waals surface area contributed by atoms with E-state index < -0.39 is 23.9 Å². The van der Waals surface area contributed by atoms with E-state index in [2.05, 4.69) is 0 Å².